The predicted octanol–water partition coefficient (Wildman–Crippen LogP) is 4.48. The van der Waals surface area contributed by atoms with Crippen molar-refractivity contribution in [2.45, 2.75) is 45.3 Å². The summed E-state index contributed by atoms with van der Waals surface area (Å²) in [4.78, 5) is 7.25. The molecule has 1 aromatic carbocycles. The van der Waals surface area contributed by atoms with Gasteiger partial charge in [-0.1, -0.05) is 18.2 Å². The Kier molecular flexibility index (Phi) is 5.13. The molecule has 6 nitrogen and oxygen atoms in total. The predicted molar refractivity (Wildman–Crippen MR) is 107 cm³/mol. The number of hydrogen-bond donors (Lipinski definition) is 0. The average molecular weight is 382 g/mol. The number of benzene rings is 1. The molecule has 2 aliphatic heterocycles. The fourth-order valence-corrected chi connectivity index (χ4v) is 3.83. The van der Waals surface area contributed by atoms with Crippen molar-refractivity contribution >= 4 is 0 Å². The molecule has 0 N–H and O–H groups in total. The maximum Gasteiger partial charge on any atom is 0.231 e. The number of methoxy groups -OCH3 is 1. The largest absolute Gasteiger partial charge is 0.493 e. The van der Waals surface area contributed by atoms with Crippen LogP contribution in [-0.2, 0) is 6.54 Å². The molecule has 2 aromatic rings. The molecule has 0 saturated carbocycles. The molecule has 148 valence electrons. The average Bonchev–Trinajstić information content (AvgIpc) is 3.30. The monoisotopic (exact) mass is 382 g/mol. The van der Waals surface area contributed by atoms with Crippen LogP contribution in [0.15, 0.2) is 41.4 Å². The summed E-state index contributed by atoms with van der Waals surface area (Å²) in [6, 6.07) is 4.54. The molecule has 4 rings (SSSR count). The van der Waals surface area contributed by atoms with Gasteiger partial charge < -0.3 is 18.6 Å². The van der Waals surface area contributed by atoms with Gasteiger partial charge >= 0.3 is 0 Å². The molecule has 2 atom stereocenters. The lowest BCUT2D eigenvalue weighted by molar-refractivity contribution is 0.148. The molecule has 0 saturated heterocycles. The van der Waals surface area contributed by atoms with E-state index < -0.39 is 0 Å². The molecule has 1 aromatic heterocycles. The molecule has 28 heavy (non-hydrogen) atoms. The van der Waals surface area contributed by atoms with Crippen LogP contribution in [0.1, 0.15) is 31.2 Å². The van der Waals surface area contributed by atoms with Gasteiger partial charge in [0.2, 0.25) is 18.4 Å². The van der Waals surface area contributed by atoms with Crippen molar-refractivity contribution in [3.63, 3.8) is 0 Å². The molecule has 0 unspecified atom stereocenters. The summed E-state index contributed by atoms with van der Waals surface area (Å²) in [6.45, 7) is 9.01. The Labute approximate surface area is 165 Å². The van der Waals surface area contributed by atoms with Crippen LogP contribution in [0.2, 0.25) is 0 Å². The lowest BCUT2D eigenvalue weighted by Crippen LogP contribution is -2.42. The molecule has 0 aliphatic carbocycles. The Balaban J connectivity index is 1.62. The first-order valence-electron chi connectivity index (χ1n) is 9.58. The second-order valence-corrected chi connectivity index (χ2v) is 7.19. The zero-order valence-electron chi connectivity index (χ0n) is 16.6. The van der Waals surface area contributed by atoms with Crippen molar-refractivity contribution in [2.24, 2.45) is 0 Å². The van der Waals surface area contributed by atoms with E-state index in [2.05, 4.69) is 30.6 Å². The van der Waals surface area contributed by atoms with Crippen LogP contribution < -0.4 is 14.2 Å². The highest BCUT2D eigenvalue weighted by Crippen LogP contribution is 2.44. The summed E-state index contributed by atoms with van der Waals surface area (Å²) in [7, 11) is 1.61. The molecule has 0 bridgehead atoms. The van der Waals surface area contributed by atoms with E-state index in [1.165, 1.54) is 0 Å². The smallest absolute Gasteiger partial charge is 0.231 e. The Hall–Kier alpha value is -2.73. The normalized spacial score (nSPS) is 21.1. The topological polar surface area (TPSA) is 57.0 Å². The second-order valence-electron chi connectivity index (χ2n) is 7.19. The zero-order chi connectivity index (χ0) is 19.7. The fourth-order valence-electron chi connectivity index (χ4n) is 3.83. The van der Waals surface area contributed by atoms with E-state index in [1.807, 2.05) is 25.1 Å². The molecular weight excluding hydrogens is 356 g/mol. The molecule has 3 heterocycles. The fraction of sp³-hybridized carbons (Fsp3) is 0.409. The minimum absolute atomic E-state index is 0.191. The summed E-state index contributed by atoms with van der Waals surface area (Å²) < 4.78 is 22.4. The van der Waals surface area contributed by atoms with Gasteiger partial charge in [0, 0.05) is 24.2 Å². The van der Waals surface area contributed by atoms with Crippen LogP contribution in [0.5, 0.6) is 17.2 Å². The van der Waals surface area contributed by atoms with Gasteiger partial charge in [-0.05, 0) is 38.8 Å². The Morgan fingerprint density at radius 2 is 2.21 bits per heavy atom. The van der Waals surface area contributed by atoms with Gasteiger partial charge in [0.25, 0.3) is 0 Å². The summed E-state index contributed by atoms with van der Waals surface area (Å²) in [5.41, 5.74) is 1.76. The number of aryl methyl sites for hydroxylation is 1. The summed E-state index contributed by atoms with van der Waals surface area (Å²) in [5.74, 6) is 3.27. The van der Waals surface area contributed by atoms with Crippen molar-refractivity contribution in [3.05, 3.63) is 48.4 Å². The van der Waals surface area contributed by atoms with Gasteiger partial charge in [-0.3, -0.25) is 4.90 Å². The Morgan fingerprint density at radius 3 is 3.00 bits per heavy atom. The van der Waals surface area contributed by atoms with E-state index in [0.717, 1.165) is 36.4 Å². The lowest BCUT2D eigenvalue weighted by Gasteiger charge is -2.36. The SMILES string of the molecule is C=CC[C@@H]1CC=C[C@@H](C)N1Cc1nc(-c2cc(OC)c3c(c2)OCO3)oc1C. The molecule has 0 spiro atoms. The van der Waals surface area contributed by atoms with Crippen molar-refractivity contribution in [2.75, 3.05) is 13.9 Å². The van der Waals surface area contributed by atoms with Crippen molar-refractivity contribution in [1.29, 1.82) is 0 Å². The summed E-state index contributed by atoms with van der Waals surface area (Å²) in [5, 5.41) is 0. The van der Waals surface area contributed by atoms with E-state index in [0.29, 0.717) is 35.2 Å². The van der Waals surface area contributed by atoms with Crippen LogP contribution in [0.25, 0.3) is 11.5 Å². The standard InChI is InChI=1S/C22H26N2O4/c1-5-7-17-9-6-8-14(2)24(17)12-18-15(3)28-22(23-18)16-10-19(25-4)21-20(11-16)26-13-27-21/h5-6,8,10-11,14,17H,1,7,9,12-13H2,2-4H3/t14-,17-/m1/s1. The van der Waals surface area contributed by atoms with Crippen LogP contribution in [0.4, 0.5) is 0 Å². The number of rotatable bonds is 6. The third-order valence-electron chi connectivity index (χ3n) is 5.38. The van der Waals surface area contributed by atoms with E-state index in [4.69, 9.17) is 23.6 Å². The van der Waals surface area contributed by atoms with Crippen molar-refractivity contribution in [1.82, 2.24) is 9.88 Å². The summed E-state index contributed by atoms with van der Waals surface area (Å²) in [6.07, 6.45) is 8.48. The van der Waals surface area contributed by atoms with Crippen molar-refractivity contribution in [3.8, 4) is 28.7 Å². The Bertz CT molecular complexity index is 902. The second kappa shape index (κ2) is 7.72. The minimum Gasteiger partial charge on any atom is -0.493 e. The van der Waals surface area contributed by atoms with Gasteiger partial charge in [-0.25, -0.2) is 4.98 Å². The van der Waals surface area contributed by atoms with Crippen molar-refractivity contribution < 1.29 is 18.6 Å². The van der Waals surface area contributed by atoms with E-state index in [-0.39, 0.29) is 6.79 Å². The first-order chi connectivity index (χ1) is 13.6. The summed E-state index contributed by atoms with van der Waals surface area (Å²) >= 11 is 0. The molecule has 0 radical (unpaired) electrons. The zero-order valence-corrected chi connectivity index (χ0v) is 16.6. The third-order valence-corrected chi connectivity index (χ3v) is 5.38. The quantitative estimate of drug-likeness (QED) is 0.687. The van der Waals surface area contributed by atoms with Crippen LogP contribution >= 0.6 is 0 Å². The van der Waals surface area contributed by atoms with Gasteiger partial charge in [0.05, 0.1) is 12.8 Å². The van der Waals surface area contributed by atoms with Crippen LogP contribution in [0.3, 0.4) is 0 Å². The van der Waals surface area contributed by atoms with E-state index >= 15 is 0 Å². The molecule has 0 amide bonds. The first kappa shape index (κ1) is 18.6. The highest BCUT2D eigenvalue weighted by Gasteiger charge is 2.27. The van der Waals surface area contributed by atoms with Crippen LogP contribution in [0, 0.1) is 6.92 Å². The van der Waals surface area contributed by atoms with Crippen LogP contribution in [-0.4, -0.2) is 35.9 Å². The minimum atomic E-state index is 0.191. The molecular formula is C22H26N2O4. The number of ether oxygens (including phenoxy) is 3. The number of fused-ring (bicyclic) bond motifs is 1. The van der Waals surface area contributed by atoms with Gasteiger partial charge in [0.15, 0.2) is 11.5 Å². The van der Waals surface area contributed by atoms with Gasteiger partial charge in [0.1, 0.15) is 5.76 Å². The highest BCUT2D eigenvalue weighted by molar-refractivity contribution is 5.66. The Morgan fingerprint density at radius 1 is 1.36 bits per heavy atom. The number of aromatic nitrogens is 1. The number of nitrogens with zero attached hydrogens (tertiary/aromatic N) is 2. The van der Waals surface area contributed by atoms with E-state index in [9.17, 15) is 0 Å². The molecule has 6 heteroatoms. The third kappa shape index (κ3) is 3.40. The maximum absolute atomic E-state index is 6.00. The first-order valence-corrected chi connectivity index (χ1v) is 9.58. The number of hydrogen-bond acceptors (Lipinski definition) is 6. The lowest BCUT2D eigenvalue weighted by atomic mass is 10.00. The van der Waals surface area contributed by atoms with Gasteiger partial charge in [-0.2, -0.15) is 0 Å². The number of oxazole rings is 1. The highest BCUT2D eigenvalue weighted by atomic mass is 16.7. The molecule has 2 aliphatic rings. The molecule has 0 fully saturated rings. The van der Waals surface area contributed by atoms with Gasteiger partial charge in [-0.15, -0.1) is 6.58 Å². The van der Waals surface area contributed by atoms with E-state index in [1.54, 1.807) is 7.11 Å². The maximum atomic E-state index is 6.00.